The number of ether oxygens (including phenoxy) is 1. The quantitative estimate of drug-likeness (QED) is 0.496. The van der Waals surface area contributed by atoms with Gasteiger partial charge in [0.05, 0.1) is 19.8 Å². The van der Waals surface area contributed by atoms with Crippen molar-refractivity contribution in [1.29, 1.82) is 0 Å². The number of amides is 1. The molecule has 0 radical (unpaired) electrons. The lowest BCUT2D eigenvalue weighted by Crippen LogP contribution is -2.50. The minimum absolute atomic E-state index is 0.0585. The van der Waals surface area contributed by atoms with Crippen molar-refractivity contribution in [2.45, 2.75) is 11.3 Å². The van der Waals surface area contributed by atoms with E-state index in [1.807, 2.05) is 12.1 Å². The molecular weight excluding hydrogens is 432 g/mol. The molecular formula is C22H22N4O5S. The summed E-state index contributed by atoms with van der Waals surface area (Å²) in [6.45, 7) is 1.15. The molecule has 9 nitrogen and oxygen atoms in total. The molecule has 10 heteroatoms. The summed E-state index contributed by atoms with van der Waals surface area (Å²) in [5.74, 6) is 0.630. The van der Waals surface area contributed by atoms with Crippen LogP contribution < -0.4 is 4.74 Å². The number of hydrogen-bond acceptors (Lipinski definition) is 6. The zero-order chi connectivity index (χ0) is 22.3. The van der Waals surface area contributed by atoms with Crippen LogP contribution >= 0.6 is 0 Å². The van der Waals surface area contributed by atoms with Crippen LogP contribution in [0.1, 0.15) is 5.56 Å². The smallest absolute Gasteiger partial charge is 0.245 e. The summed E-state index contributed by atoms with van der Waals surface area (Å²) in [5.41, 5.74) is 2.00. The average Bonchev–Trinajstić information content (AvgIpc) is 3.43. The highest BCUT2D eigenvalue weighted by atomic mass is 32.2. The van der Waals surface area contributed by atoms with Gasteiger partial charge in [-0.3, -0.25) is 4.79 Å². The first-order valence-electron chi connectivity index (χ1n) is 10.2. The lowest BCUT2D eigenvalue weighted by Gasteiger charge is -2.34. The van der Waals surface area contributed by atoms with Crippen LogP contribution in [-0.4, -0.2) is 66.8 Å². The highest BCUT2D eigenvalue weighted by Crippen LogP contribution is 2.27. The Balaban J connectivity index is 1.27. The number of nitrogens with zero attached hydrogens (tertiary/aromatic N) is 3. The number of H-pyrrole nitrogens is 1. The minimum Gasteiger partial charge on any atom is -0.497 e. The van der Waals surface area contributed by atoms with Crippen molar-refractivity contribution in [2.24, 2.45) is 0 Å². The van der Waals surface area contributed by atoms with Crippen molar-refractivity contribution in [3.05, 3.63) is 54.6 Å². The molecule has 166 valence electrons. The van der Waals surface area contributed by atoms with Crippen molar-refractivity contribution >= 4 is 37.9 Å². The van der Waals surface area contributed by atoms with Gasteiger partial charge in [0.2, 0.25) is 15.9 Å². The van der Waals surface area contributed by atoms with E-state index in [0.717, 1.165) is 10.9 Å². The second kappa shape index (κ2) is 7.95. The number of methoxy groups -OCH3 is 1. The lowest BCUT2D eigenvalue weighted by molar-refractivity contribution is -0.131. The predicted octanol–water partition coefficient (Wildman–Crippen LogP) is 2.39. The summed E-state index contributed by atoms with van der Waals surface area (Å²) in [7, 11) is -2.10. The van der Waals surface area contributed by atoms with E-state index in [9.17, 15) is 13.2 Å². The first-order valence-corrected chi connectivity index (χ1v) is 11.7. The molecule has 0 atom stereocenters. The fraction of sp³-hybridized carbons (Fsp3) is 0.273. The molecule has 0 saturated carbocycles. The van der Waals surface area contributed by atoms with Crippen LogP contribution in [0.25, 0.3) is 22.0 Å². The van der Waals surface area contributed by atoms with Crippen LogP contribution in [-0.2, 0) is 21.2 Å². The van der Waals surface area contributed by atoms with Crippen molar-refractivity contribution in [1.82, 2.24) is 19.2 Å². The maximum atomic E-state index is 13.1. The first-order chi connectivity index (χ1) is 15.5. The number of carbonyl (C=O) groups is 1. The number of nitrogens with one attached hydrogen (secondary N) is 1. The van der Waals surface area contributed by atoms with Crippen LogP contribution in [0.4, 0.5) is 0 Å². The molecule has 0 aliphatic carbocycles. The molecule has 1 amide bonds. The summed E-state index contributed by atoms with van der Waals surface area (Å²) in [6, 6.07) is 8.93. The number of furan rings is 1. The van der Waals surface area contributed by atoms with Gasteiger partial charge in [-0.1, -0.05) is 0 Å². The molecule has 0 bridgehead atoms. The Morgan fingerprint density at radius 1 is 1.19 bits per heavy atom. The normalized spacial score (nSPS) is 15.5. The second-order valence-electron chi connectivity index (χ2n) is 7.64. The molecule has 32 heavy (non-hydrogen) atoms. The van der Waals surface area contributed by atoms with E-state index in [0.29, 0.717) is 35.5 Å². The average molecular weight is 455 g/mol. The summed E-state index contributed by atoms with van der Waals surface area (Å²) in [5, 5.41) is 1.43. The van der Waals surface area contributed by atoms with E-state index in [1.165, 1.54) is 10.5 Å². The van der Waals surface area contributed by atoms with Crippen molar-refractivity contribution in [3.8, 4) is 5.75 Å². The van der Waals surface area contributed by atoms with Gasteiger partial charge in [0.25, 0.3) is 0 Å². The molecule has 5 rings (SSSR count). The number of piperazine rings is 1. The highest BCUT2D eigenvalue weighted by molar-refractivity contribution is 7.89. The number of aromatic amines is 1. The second-order valence-corrected chi connectivity index (χ2v) is 9.54. The van der Waals surface area contributed by atoms with Gasteiger partial charge in [-0.25, -0.2) is 13.4 Å². The van der Waals surface area contributed by atoms with Gasteiger partial charge in [0.15, 0.2) is 0 Å². The fourth-order valence-corrected chi connectivity index (χ4v) is 5.64. The Bertz CT molecular complexity index is 1400. The molecule has 0 unspecified atom stereocenters. The van der Waals surface area contributed by atoms with E-state index in [-0.39, 0.29) is 30.3 Å². The van der Waals surface area contributed by atoms with Crippen LogP contribution in [0.2, 0.25) is 0 Å². The van der Waals surface area contributed by atoms with E-state index in [2.05, 4.69) is 9.97 Å². The largest absolute Gasteiger partial charge is 0.497 e. The van der Waals surface area contributed by atoms with Gasteiger partial charge >= 0.3 is 0 Å². The number of fused-ring (bicyclic) bond motifs is 2. The molecule has 1 aliphatic rings. The molecule has 4 heterocycles. The zero-order valence-electron chi connectivity index (χ0n) is 17.4. The van der Waals surface area contributed by atoms with Crippen molar-refractivity contribution in [3.63, 3.8) is 0 Å². The van der Waals surface area contributed by atoms with E-state index < -0.39 is 10.0 Å². The number of aromatic nitrogens is 2. The van der Waals surface area contributed by atoms with Crippen LogP contribution in [0.15, 0.2) is 58.3 Å². The standard InChI is InChI=1S/C22H22N4O5S/c1-30-16-4-5-17-15(14-31-19(17)12-16)11-21(27)25-7-9-26(10-8-25)32(28,29)20-13-24-22-18(20)3-2-6-23-22/h2-6,12-14H,7-11H2,1H3,(H,23,24). The minimum atomic E-state index is -3.68. The molecule has 1 aromatic carbocycles. The number of rotatable bonds is 5. The molecule has 1 saturated heterocycles. The summed E-state index contributed by atoms with van der Waals surface area (Å²) in [4.78, 5) is 21.8. The van der Waals surface area contributed by atoms with Crippen LogP contribution in [0.5, 0.6) is 5.75 Å². The SMILES string of the molecule is COc1ccc2c(CC(=O)N3CCN(S(=O)(=O)c4c[nH]c5ncccc45)CC3)coc2c1. The Labute approximate surface area is 184 Å². The lowest BCUT2D eigenvalue weighted by atomic mass is 10.1. The van der Waals surface area contributed by atoms with Gasteiger partial charge < -0.3 is 19.0 Å². The van der Waals surface area contributed by atoms with Crippen molar-refractivity contribution < 1.29 is 22.4 Å². The van der Waals surface area contributed by atoms with Gasteiger partial charge in [0, 0.05) is 61.0 Å². The first kappa shape index (κ1) is 20.5. The van der Waals surface area contributed by atoms with Gasteiger partial charge in [-0.05, 0) is 24.3 Å². The predicted molar refractivity (Wildman–Crippen MR) is 118 cm³/mol. The Kier molecular flexibility index (Phi) is 5.10. The molecule has 0 spiro atoms. The number of benzene rings is 1. The summed E-state index contributed by atoms with van der Waals surface area (Å²) >= 11 is 0. The maximum Gasteiger partial charge on any atom is 0.245 e. The molecule has 3 aromatic heterocycles. The van der Waals surface area contributed by atoms with Gasteiger partial charge in [-0.2, -0.15) is 4.31 Å². The van der Waals surface area contributed by atoms with Gasteiger partial charge in [0.1, 0.15) is 21.9 Å². The third-order valence-corrected chi connectivity index (χ3v) is 7.77. The summed E-state index contributed by atoms with van der Waals surface area (Å²) < 4.78 is 38.5. The number of hydrogen-bond donors (Lipinski definition) is 1. The number of carbonyl (C=O) groups excluding carboxylic acids is 1. The Morgan fingerprint density at radius 3 is 2.78 bits per heavy atom. The van der Waals surface area contributed by atoms with Crippen LogP contribution in [0.3, 0.4) is 0 Å². The number of pyridine rings is 1. The zero-order valence-corrected chi connectivity index (χ0v) is 18.3. The molecule has 1 N–H and O–H groups in total. The third-order valence-electron chi connectivity index (χ3n) is 5.83. The summed E-state index contributed by atoms with van der Waals surface area (Å²) in [6.07, 6.45) is 4.87. The molecule has 4 aromatic rings. The molecule has 1 aliphatic heterocycles. The van der Waals surface area contributed by atoms with E-state index in [4.69, 9.17) is 9.15 Å². The van der Waals surface area contributed by atoms with Gasteiger partial charge in [-0.15, -0.1) is 0 Å². The van der Waals surface area contributed by atoms with E-state index in [1.54, 1.807) is 42.7 Å². The number of sulfonamides is 1. The van der Waals surface area contributed by atoms with Crippen molar-refractivity contribution in [2.75, 3.05) is 33.3 Å². The maximum absolute atomic E-state index is 13.1. The Hall–Kier alpha value is -3.37. The monoisotopic (exact) mass is 454 g/mol. The fourth-order valence-electron chi connectivity index (χ4n) is 4.06. The topological polar surface area (TPSA) is 109 Å². The highest BCUT2D eigenvalue weighted by Gasteiger charge is 2.32. The van der Waals surface area contributed by atoms with E-state index >= 15 is 0 Å². The Morgan fingerprint density at radius 2 is 2.00 bits per heavy atom. The molecule has 1 fully saturated rings. The van der Waals surface area contributed by atoms with Crippen LogP contribution in [0, 0.1) is 0 Å². The third kappa shape index (κ3) is 3.51.